The molecule has 0 aliphatic rings. The van der Waals surface area contributed by atoms with E-state index in [0.29, 0.717) is 5.78 Å². The Kier molecular flexibility index (Phi) is 8.80. The van der Waals surface area contributed by atoms with Crippen molar-refractivity contribution in [2.75, 3.05) is 0 Å². The molecule has 0 fully saturated rings. The van der Waals surface area contributed by atoms with Crippen LogP contribution in [0.15, 0.2) is 0 Å². The summed E-state index contributed by atoms with van der Waals surface area (Å²) in [5, 5.41) is 0. The van der Waals surface area contributed by atoms with Crippen LogP contribution in [0.1, 0.15) is 6.92 Å². The first-order chi connectivity index (χ1) is 3.13. The Balaban J connectivity index is 0. The molecule has 0 aliphatic carbocycles. The van der Waals surface area contributed by atoms with Crippen molar-refractivity contribution in [1.29, 1.82) is 0 Å². The van der Waals surface area contributed by atoms with Crippen LogP contribution in [-0.2, 0) is 4.79 Å². The molecule has 3 heteroatoms. The summed E-state index contributed by atoms with van der Waals surface area (Å²) in [6, 6.07) is 0. The topological polar surface area (TPSA) is 17.1 Å². The Morgan fingerprint density at radius 3 is 1.88 bits per heavy atom. The van der Waals surface area contributed by atoms with E-state index in [1.807, 2.05) is 0 Å². The first-order valence-corrected chi connectivity index (χ1v) is 9.18. The molecule has 0 amide bonds. The summed E-state index contributed by atoms with van der Waals surface area (Å²) in [4.78, 5) is 11.2. The van der Waals surface area contributed by atoms with E-state index < -0.39 is 16.2 Å². The van der Waals surface area contributed by atoms with E-state index in [1.54, 1.807) is 6.92 Å². The summed E-state index contributed by atoms with van der Waals surface area (Å²) in [5.74, 6) is 0.370. The first kappa shape index (κ1) is 11.7. The van der Waals surface area contributed by atoms with Crippen molar-refractivity contribution in [3.63, 3.8) is 0 Å². The van der Waals surface area contributed by atoms with Crippen molar-refractivity contribution in [2.24, 2.45) is 0 Å². The standard InChI is InChI=1S/C3H5O.2CH3.Ga.Li.H/c1-3(2)4;;;;;/h1H2,2H3;2*1H3;;;. The molecule has 0 aromatic heterocycles. The van der Waals surface area contributed by atoms with Crippen LogP contribution in [0.5, 0.6) is 0 Å². The zero-order valence-electron chi connectivity index (χ0n) is 5.19. The SMILES string of the molecule is CC(=O)[CH2][Ga]([CH3])[CH3].[LiH]. The van der Waals surface area contributed by atoms with Crippen LogP contribution in [-0.4, -0.2) is 40.9 Å². The number of hydrogen-bond acceptors (Lipinski definition) is 1. The number of hydrogen-bond donors (Lipinski definition) is 0. The minimum atomic E-state index is -0.964. The third-order valence-corrected chi connectivity index (χ3v) is 3.61. The van der Waals surface area contributed by atoms with Gasteiger partial charge in [0.1, 0.15) is 0 Å². The van der Waals surface area contributed by atoms with Gasteiger partial charge in [-0.2, -0.15) is 0 Å². The fraction of sp³-hybridized carbons (Fsp3) is 0.800. The van der Waals surface area contributed by atoms with Gasteiger partial charge in [0.05, 0.1) is 0 Å². The molecule has 1 nitrogen and oxygen atoms in total. The normalized spacial score (nSPS) is 7.38. The molecule has 0 spiro atoms. The van der Waals surface area contributed by atoms with Crippen molar-refractivity contribution in [2.45, 2.75) is 22.9 Å². The van der Waals surface area contributed by atoms with E-state index in [4.69, 9.17) is 0 Å². The van der Waals surface area contributed by atoms with E-state index in [-0.39, 0.29) is 18.9 Å². The molecule has 0 bridgehead atoms. The maximum absolute atomic E-state index is 10.3. The van der Waals surface area contributed by atoms with E-state index >= 15 is 0 Å². The molecule has 8 heavy (non-hydrogen) atoms. The third-order valence-electron chi connectivity index (χ3n) is 0.696. The van der Waals surface area contributed by atoms with Gasteiger partial charge in [0.25, 0.3) is 0 Å². The molecule has 0 saturated heterocycles. The Morgan fingerprint density at radius 2 is 1.88 bits per heavy atom. The van der Waals surface area contributed by atoms with Gasteiger partial charge in [-0.1, -0.05) is 0 Å². The van der Waals surface area contributed by atoms with Crippen molar-refractivity contribution < 1.29 is 4.79 Å². The molecule has 0 N–H and O–H groups in total. The van der Waals surface area contributed by atoms with Gasteiger partial charge in [-0.25, -0.2) is 0 Å². The monoisotopic (exact) mass is 164 g/mol. The summed E-state index contributed by atoms with van der Waals surface area (Å²) in [6.45, 7) is 1.67. The Hall–Kier alpha value is 0.904. The van der Waals surface area contributed by atoms with Crippen molar-refractivity contribution in [1.82, 2.24) is 0 Å². The minimum absolute atomic E-state index is 0. The van der Waals surface area contributed by atoms with E-state index in [2.05, 4.69) is 11.0 Å². The maximum atomic E-state index is 10.3. The zero-order chi connectivity index (χ0) is 5.86. The summed E-state index contributed by atoms with van der Waals surface area (Å²) in [6.07, 6.45) is 0. The van der Waals surface area contributed by atoms with Crippen LogP contribution < -0.4 is 0 Å². The van der Waals surface area contributed by atoms with Crippen LogP contribution in [0.4, 0.5) is 0 Å². The summed E-state index contributed by atoms with van der Waals surface area (Å²) in [5.41, 5.74) is 4.46. The second-order valence-corrected chi connectivity index (χ2v) is 9.01. The molecular weight excluding hydrogens is 153 g/mol. The van der Waals surface area contributed by atoms with Gasteiger partial charge in [0.2, 0.25) is 0 Å². The average molecular weight is 165 g/mol. The van der Waals surface area contributed by atoms with Gasteiger partial charge >= 0.3 is 68.5 Å². The summed E-state index contributed by atoms with van der Waals surface area (Å²) in [7, 11) is 0. The third kappa shape index (κ3) is 10.0. The molecule has 0 aromatic rings. The van der Waals surface area contributed by atoms with Gasteiger partial charge < -0.3 is 0 Å². The molecule has 0 atom stereocenters. The van der Waals surface area contributed by atoms with Crippen molar-refractivity contribution in [3.8, 4) is 0 Å². The molecule has 0 rings (SSSR count). The predicted octanol–water partition coefficient (Wildman–Crippen LogP) is 0.681. The van der Waals surface area contributed by atoms with Gasteiger partial charge in [-0.15, -0.1) is 0 Å². The van der Waals surface area contributed by atoms with E-state index in [9.17, 15) is 4.79 Å². The molecular formula is C5H12GaLiO. The second-order valence-electron chi connectivity index (χ2n) is 2.30. The average Bonchev–Trinajstić information content (AvgIpc) is 1.27. The number of carbonyl (C=O) groups excluding carboxylic acids is 1. The quantitative estimate of drug-likeness (QED) is 0.549. The van der Waals surface area contributed by atoms with Crippen LogP contribution in [0.25, 0.3) is 0 Å². The number of carbonyl (C=O) groups is 1. The first-order valence-electron chi connectivity index (χ1n) is 2.62. The van der Waals surface area contributed by atoms with Gasteiger partial charge in [0, 0.05) is 0 Å². The molecule has 0 saturated carbocycles. The molecule has 42 valence electrons. The number of rotatable bonds is 2. The second kappa shape index (κ2) is 6.03. The van der Waals surface area contributed by atoms with Crippen LogP contribution in [0, 0.1) is 0 Å². The number of Topliss-reactive ketones (excluding diaryl/α,β-unsaturated/α-hetero) is 1. The molecule has 0 aliphatic heterocycles. The van der Waals surface area contributed by atoms with Crippen molar-refractivity contribution >= 4 is 40.9 Å². The van der Waals surface area contributed by atoms with Crippen LogP contribution >= 0.6 is 0 Å². The van der Waals surface area contributed by atoms with Gasteiger partial charge in [-0.3, -0.25) is 0 Å². The van der Waals surface area contributed by atoms with E-state index in [1.165, 1.54) is 0 Å². The summed E-state index contributed by atoms with van der Waals surface area (Å²) >= 11 is -0.964. The van der Waals surface area contributed by atoms with Gasteiger partial charge in [0.15, 0.2) is 0 Å². The fourth-order valence-electron chi connectivity index (χ4n) is 0.575. The van der Waals surface area contributed by atoms with Crippen LogP contribution in [0.3, 0.4) is 0 Å². The fourth-order valence-corrected chi connectivity index (χ4v) is 2.99. The van der Waals surface area contributed by atoms with Crippen molar-refractivity contribution in [3.05, 3.63) is 0 Å². The Labute approximate surface area is 68.4 Å². The predicted molar refractivity (Wildman–Crippen MR) is 40.1 cm³/mol. The van der Waals surface area contributed by atoms with Gasteiger partial charge in [-0.05, 0) is 0 Å². The Morgan fingerprint density at radius 1 is 1.50 bits per heavy atom. The number of ketones is 1. The molecule has 0 radical (unpaired) electrons. The zero-order valence-corrected chi connectivity index (χ0v) is 7.62. The Bertz CT molecular complexity index is 72.8. The molecule has 0 aromatic carbocycles. The molecule has 0 unspecified atom stereocenters. The van der Waals surface area contributed by atoms with Crippen LogP contribution in [0.2, 0.25) is 15.9 Å². The molecule has 0 heterocycles. The van der Waals surface area contributed by atoms with E-state index in [0.717, 1.165) is 4.98 Å². The summed E-state index contributed by atoms with van der Waals surface area (Å²) < 4.78 is 0.